The molecular weight excluding hydrogens is 278 g/mol. The van der Waals surface area contributed by atoms with Gasteiger partial charge in [0, 0.05) is 18.3 Å². The molecule has 0 unspecified atom stereocenters. The van der Waals surface area contributed by atoms with Crippen molar-refractivity contribution in [2.75, 3.05) is 18.5 Å². The predicted octanol–water partition coefficient (Wildman–Crippen LogP) is 2.08. The van der Waals surface area contributed by atoms with Crippen molar-refractivity contribution in [2.24, 2.45) is 0 Å². The fraction of sp³-hybridized carbons (Fsp3) is 0.154. The first-order valence-corrected chi connectivity index (χ1v) is 6.47. The van der Waals surface area contributed by atoms with Crippen molar-refractivity contribution < 1.29 is 5.11 Å². The number of hydrogen-bond donors (Lipinski definition) is 3. The molecule has 102 valence electrons. The Labute approximate surface area is 119 Å². The molecule has 3 aromatic rings. The second-order valence-corrected chi connectivity index (χ2v) is 4.54. The Morgan fingerprint density at radius 2 is 2.20 bits per heavy atom. The zero-order chi connectivity index (χ0) is 13.9. The molecular formula is C13H12ClN5O. The topological polar surface area (TPSA) is 86.7 Å². The van der Waals surface area contributed by atoms with Gasteiger partial charge >= 0.3 is 0 Å². The van der Waals surface area contributed by atoms with Crippen molar-refractivity contribution >= 4 is 28.6 Å². The summed E-state index contributed by atoms with van der Waals surface area (Å²) < 4.78 is 0. The average molecular weight is 290 g/mol. The molecule has 0 fully saturated rings. The van der Waals surface area contributed by atoms with Crippen LogP contribution in [-0.4, -0.2) is 38.2 Å². The maximum absolute atomic E-state index is 8.82. The van der Waals surface area contributed by atoms with Gasteiger partial charge in [-0.05, 0) is 12.1 Å². The minimum absolute atomic E-state index is 0.0556. The van der Waals surface area contributed by atoms with Crippen molar-refractivity contribution in [3.63, 3.8) is 0 Å². The first-order chi connectivity index (χ1) is 9.78. The number of aromatic nitrogens is 4. The molecule has 7 heteroatoms. The van der Waals surface area contributed by atoms with Gasteiger partial charge in [-0.3, -0.25) is 0 Å². The number of H-pyrrole nitrogens is 1. The lowest BCUT2D eigenvalue weighted by atomic mass is 10.2. The summed E-state index contributed by atoms with van der Waals surface area (Å²) in [5.74, 6) is 0.695. The van der Waals surface area contributed by atoms with Crippen LogP contribution in [0.5, 0.6) is 0 Å². The second-order valence-electron chi connectivity index (χ2n) is 4.15. The standard InChI is InChI=1S/C13H12ClN5O/c14-10-7-17-13-12(19-10)8(6-16-13)9-2-1-3-11(18-9)15-4-5-20/h1-3,6-7,20H,4-5H2,(H,15,18)(H,16,17). The number of aromatic amines is 1. The second kappa shape index (κ2) is 5.44. The quantitative estimate of drug-likeness (QED) is 0.684. The van der Waals surface area contributed by atoms with E-state index in [4.69, 9.17) is 16.7 Å². The fourth-order valence-corrected chi connectivity index (χ4v) is 2.07. The minimum Gasteiger partial charge on any atom is -0.395 e. The highest BCUT2D eigenvalue weighted by atomic mass is 35.5. The van der Waals surface area contributed by atoms with E-state index in [1.54, 1.807) is 6.20 Å². The number of halogens is 1. The number of hydrogen-bond acceptors (Lipinski definition) is 5. The van der Waals surface area contributed by atoms with Crippen LogP contribution in [0.1, 0.15) is 0 Å². The molecule has 0 spiro atoms. The summed E-state index contributed by atoms with van der Waals surface area (Å²) in [7, 11) is 0. The number of aliphatic hydroxyl groups is 1. The van der Waals surface area contributed by atoms with E-state index in [2.05, 4.69) is 25.3 Å². The summed E-state index contributed by atoms with van der Waals surface area (Å²) in [4.78, 5) is 16.0. The lowest BCUT2D eigenvalue weighted by Crippen LogP contribution is -2.06. The van der Waals surface area contributed by atoms with Crippen LogP contribution in [0.25, 0.3) is 22.4 Å². The number of fused-ring (bicyclic) bond motifs is 1. The molecule has 3 aromatic heterocycles. The third kappa shape index (κ3) is 2.43. The van der Waals surface area contributed by atoms with Gasteiger partial charge in [-0.1, -0.05) is 17.7 Å². The molecule has 6 nitrogen and oxygen atoms in total. The molecule has 0 aromatic carbocycles. The zero-order valence-corrected chi connectivity index (χ0v) is 11.2. The van der Waals surface area contributed by atoms with Gasteiger partial charge < -0.3 is 15.4 Å². The molecule has 3 heterocycles. The third-order valence-corrected chi connectivity index (χ3v) is 2.98. The summed E-state index contributed by atoms with van der Waals surface area (Å²) in [6.07, 6.45) is 3.30. The van der Waals surface area contributed by atoms with Crippen molar-refractivity contribution in [3.05, 3.63) is 35.7 Å². The molecule has 3 N–H and O–H groups in total. The Balaban J connectivity index is 2.04. The van der Waals surface area contributed by atoms with Crippen LogP contribution in [0.3, 0.4) is 0 Å². The number of rotatable bonds is 4. The van der Waals surface area contributed by atoms with E-state index in [0.717, 1.165) is 11.3 Å². The van der Waals surface area contributed by atoms with Gasteiger partial charge in [0.2, 0.25) is 0 Å². The maximum atomic E-state index is 8.82. The van der Waals surface area contributed by atoms with Gasteiger partial charge in [0.1, 0.15) is 16.5 Å². The first-order valence-electron chi connectivity index (χ1n) is 6.10. The maximum Gasteiger partial charge on any atom is 0.156 e. The molecule has 0 aliphatic heterocycles. The van der Waals surface area contributed by atoms with Crippen LogP contribution in [0.4, 0.5) is 5.82 Å². The Morgan fingerprint density at radius 1 is 1.30 bits per heavy atom. The van der Waals surface area contributed by atoms with Crippen LogP contribution in [-0.2, 0) is 0 Å². The van der Waals surface area contributed by atoms with E-state index in [1.165, 1.54) is 6.20 Å². The van der Waals surface area contributed by atoms with Crippen LogP contribution >= 0.6 is 11.6 Å². The highest BCUT2D eigenvalue weighted by Crippen LogP contribution is 2.26. The predicted molar refractivity (Wildman–Crippen MR) is 77.7 cm³/mol. The largest absolute Gasteiger partial charge is 0.395 e. The van der Waals surface area contributed by atoms with Gasteiger partial charge in [-0.25, -0.2) is 15.0 Å². The van der Waals surface area contributed by atoms with Crippen LogP contribution in [0, 0.1) is 0 Å². The minimum atomic E-state index is 0.0556. The van der Waals surface area contributed by atoms with E-state index >= 15 is 0 Å². The van der Waals surface area contributed by atoms with Gasteiger partial charge in [-0.15, -0.1) is 0 Å². The van der Waals surface area contributed by atoms with E-state index < -0.39 is 0 Å². The monoisotopic (exact) mass is 289 g/mol. The average Bonchev–Trinajstić information content (AvgIpc) is 2.88. The number of aliphatic hydroxyl groups excluding tert-OH is 1. The Kier molecular flexibility index (Phi) is 3.49. The summed E-state index contributed by atoms with van der Waals surface area (Å²) >= 11 is 5.89. The van der Waals surface area contributed by atoms with Crippen molar-refractivity contribution in [1.82, 2.24) is 19.9 Å². The van der Waals surface area contributed by atoms with Gasteiger partial charge in [0.25, 0.3) is 0 Å². The van der Waals surface area contributed by atoms with Crippen LogP contribution in [0.2, 0.25) is 5.15 Å². The van der Waals surface area contributed by atoms with E-state index in [9.17, 15) is 0 Å². The fourth-order valence-electron chi connectivity index (χ4n) is 1.93. The molecule has 20 heavy (non-hydrogen) atoms. The van der Waals surface area contributed by atoms with Crippen molar-refractivity contribution in [3.8, 4) is 11.3 Å². The van der Waals surface area contributed by atoms with Crippen LogP contribution < -0.4 is 5.32 Å². The molecule has 0 saturated heterocycles. The lowest BCUT2D eigenvalue weighted by Gasteiger charge is -2.05. The summed E-state index contributed by atoms with van der Waals surface area (Å²) in [5, 5.41) is 12.2. The van der Waals surface area contributed by atoms with Crippen molar-refractivity contribution in [2.45, 2.75) is 0 Å². The lowest BCUT2D eigenvalue weighted by molar-refractivity contribution is 0.311. The Hall–Kier alpha value is -2.18. The summed E-state index contributed by atoms with van der Waals surface area (Å²) in [5.41, 5.74) is 2.95. The molecule has 3 rings (SSSR count). The molecule has 0 radical (unpaired) electrons. The highest BCUT2D eigenvalue weighted by Gasteiger charge is 2.10. The smallest absolute Gasteiger partial charge is 0.156 e. The number of anilines is 1. The Bertz CT molecular complexity index is 742. The Morgan fingerprint density at radius 3 is 3.05 bits per heavy atom. The summed E-state index contributed by atoms with van der Waals surface area (Å²) in [6.45, 7) is 0.510. The van der Waals surface area contributed by atoms with E-state index in [0.29, 0.717) is 28.7 Å². The van der Waals surface area contributed by atoms with Gasteiger partial charge in [0.15, 0.2) is 5.65 Å². The summed E-state index contributed by atoms with van der Waals surface area (Å²) in [6, 6.07) is 5.61. The van der Waals surface area contributed by atoms with Gasteiger partial charge in [-0.2, -0.15) is 0 Å². The van der Waals surface area contributed by atoms with Crippen LogP contribution in [0.15, 0.2) is 30.6 Å². The third-order valence-electron chi connectivity index (χ3n) is 2.79. The molecule has 0 aliphatic rings. The van der Waals surface area contributed by atoms with Gasteiger partial charge in [0.05, 0.1) is 18.5 Å². The SMILES string of the molecule is OCCNc1cccc(-c2c[nH]c3ncc(Cl)nc23)n1. The first kappa shape index (κ1) is 12.8. The van der Waals surface area contributed by atoms with E-state index in [1.807, 2.05) is 18.2 Å². The molecule has 0 amide bonds. The highest BCUT2D eigenvalue weighted by molar-refractivity contribution is 6.29. The number of nitrogens with zero attached hydrogens (tertiary/aromatic N) is 3. The molecule has 0 atom stereocenters. The zero-order valence-electron chi connectivity index (χ0n) is 10.5. The normalized spacial score (nSPS) is 10.9. The number of pyridine rings is 1. The molecule has 0 saturated carbocycles. The van der Waals surface area contributed by atoms with E-state index in [-0.39, 0.29) is 6.61 Å². The molecule has 0 aliphatic carbocycles. The molecule has 0 bridgehead atoms. The van der Waals surface area contributed by atoms with Crippen molar-refractivity contribution in [1.29, 1.82) is 0 Å². The number of nitrogens with one attached hydrogen (secondary N) is 2.